The van der Waals surface area contributed by atoms with Crippen molar-refractivity contribution in [2.75, 3.05) is 4.72 Å². The van der Waals surface area contributed by atoms with Gasteiger partial charge < -0.3 is 36.5 Å². The maximum Gasteiger partial charge on any atom is 0.326 e. The van der Waals surface area contributed by atoms with Crippen molar-refractivity contribution < 1.29 is 43.6 Å². The molecule has 0 radical (unpaired) electrons. The molecule has 0 saturated heterocycles. The Bertz CT molecular complexity index is 1770. The monoisotopic (exact) mass is 596 g/mol. The SMILES string of the molecule is N=C(N)c1ccc2nc(-c3cc(CC(=O)N[C@H](CC(=O)O)C(=O)O)cc(-c4cc(NS(=O)O)ccc4O)c3O)[nH]c2c1. The smallest absolute Gasteiger partial charge is 0.326 e. The van der Waals surface area contributed by atoms with E-state index in [9.17, 15) is 38.5 Å². The summed E-state index contributed by atoms with van der Waals surface area (Å²) in [4.78, 5) is 42.7. The normalized spacial score (nSPS) is 12.4. The molecule has 11 N–H and O–H groups in total. The van der Waals surface area contributed by atoms with Crippen LogP contribution >= 0.6 is 0 Å². The fourth-order valence-electron chi connectivity index (χ4n) is 4.21. The summed E-state index contributed by atoms with van der Waals surface area (Å²) in [6.07, 6.45) is -1.31. The highest BCUT2D eigenvalue weighted by atomic mass is 32.2. The molecule has 0 saturated carbocycles. The number of nitrogens with one attached hydrogen (secondary N) is 4. The average Bonchev–Trinajstić information content (AvgIpc) is 3.33. The minimum Gasteiger partial charge on any atom is -0.507 e. The van der Waals surface area contributed by atoms with Gasteiger partial charge in [-0.25, -0.2) is 14.0 Å². The number of benzene rings is 3. The molecule has 16 heteroatoms. The summed E-state index contributed by atoms with van der Waals surface area (Å²) >= 11 is -2.44. The highest BCUT2D eigenvalue weighted by Gasteiger charge is 2.24. The summed E-state index contributed by atoms with van der Waals surface area (Å²) < 4.78 is 22.7. The summed E-state index contributed by atoms with van der Waals surface area (Å²) in [5.41, 5.74) is 7.31. The summed E-state index contributed by atoms with van der Waals surface area (Å²) in [6.45, 7) is 0. The first-order valence-electron chi connectivity index (χ1n) is 12.0. The van der Waals surface area contributed by atoms with Crippen molar-refractivity contribution in [2.45, 2.75) is 18.9 Å². The largest absolute Gasteiger partial charge is 0.507 e. The average molecular weight is 597 g/mol. The Hall–Kier alpha value is -5.48. The van der Waals surface area contributed by atoms with Gasteiger partial charge in [-0.15, -0.1) is 0 Å². The molecule has 1 heterocycles. The van der Waals surface area contributed by atoms with Gasteiger partial charge in [0.25, 0.3) is 11.3 Å². The van der Waals surface area contributed by atoms with Crippen LogP contribution in [0, 0.1) is 5.41 Å². The number of imidazole rings is 1. The number of carboxylic acid groups (broad SMARTS) is 2. The van der Waals surface area contributed by atoms with Crippen LogP contribution in [0.5, 0.6) is 11.5 Å². The van der Waals surface area contributed by atoms with Crippen LogP contribution in [-0.2, 0) is 32.1 Å². The number of hydrogen-bond acceptors (Lipinski definition) is 8. The highest BCUT2D eigenvalue weighted by Crippen LogP contribution is 2.43. The van der Waals surface area contributed by atoms with Gasteiger partial charge in [0.15, 0.2) is 0 Å². The van der Waals surface area contributed by atoms with Gasteiger partial charge in [-0.3, -0.25) is 24.3 Å². The number of aromatic amines is 1. The second-order valence-corrected chi connectivity index (χ2v) is 9.79. The number of phenols is 2. The van der Waals surface area contributed by atoms with Crippen molar-refractivity contribution in [3.8, 4) is 34.0 Å². The van der Waals surface area contributed by atoms with Crippen LogP contribution in [0.2, 0.25) is 0 Å². The predicted molar refractivity (Wildman–Crippen MR) is 151 cm³/mol. The number of rotatable bonds is 11. The fourth-order valence-corrected chi connectivity index (χ4v) is 4.54. The standard InChI is InChI=1S/C26H24N6O9S/c27-24(28)12-1-3-17-18(8-12)31-25(30-17)16-6-11(7-21(34)29-19(26(38)39)10-22(35)36)5-15(23(16)37)14-9-13(32-42(40)41)2-4-20(14)33/h1-6,8-9,19,32-33,37H,7,10H2,(H3,27,28)(H,29,34)(H,30,31)(H,35,36)(H,38,39)(H,40,41)/t19-/m1/s1. The minimum atomic E-state index is -2.44. The zero-order valence-corrected chi connectivity index (χ0v) is 22.2. The summed E-state index contributed by atoms with van der Waals surface area (Å²) in [5.74, 6) is -4.57. The molecule has 4 rings (SSSR count). The molecular formula is C26H24N6O9S. The topological polar surface area (TPSA) is 272 Å². The number of hydrogen-bond donors (Lipinski definition) is 10. The van der Waals surface area contributed by atoms with E-state index in [4.69, 9.17) is 16.2 Å². The van der Waals surface area contributed by atoms with E-state index in [1.54, 1.807) is 18.2 Å². The first kappa shape index (κ1) is 29.5. The number of aromatic nitrogens is 2. The number of carboxylic acids is 2. The molecule has 42 heavy (non-hydrogen) atoms. The van der Waals surface area contributed by atoms with Crippen LogP contribution in [-0.4, -0.2) is 68.9 Å². The Morgan fingerprint density at radius 3 is 2.38 bits per heavy atom. The van der Waals surface area contributed by atoms with Gasteiger partial charge in [0.2, 0.25) is 5.91 Å². The molecule has 1 aromatic heterocycles. The molecule has 0 aliphatic rings. The van der Waals surface area contributed by atoms with Crippen molar-refractivity contribution in [3.63, 3.8) is 0 Å². The third-order valence-corrected chi connectivity index (χ3v) is 6.50. The van der Waals surface area contributed by atoms with Gasteiger partial charge in [0.1, 0.15) is 29.2 Å². The number of aliphatic carboxylic acids is 2. The van der Waals surface area contributed by atoms with Crippen molar-refractivity contribution in [1.82, 2.24) is 15.3 Å². The Morgan fingerprint density at radius 2 is 1.74 bits per heavy atom. The van der Waals surface area contributed by atoms with Crippen LogP contribution in [0.1, 0.15) is 17.5 Å². The number of nitrogens with zero attached hydrogens (tertiary/aromatic N) is 1. The lowest BCUT2D eigenvalue weighted by atomic mass is 9.95. The number of anilines is 1. The number of fused-ring (bicyclic) bond motifs is 1. The van der Waals surface area contributed by atoms with Crippen molar-refractivity contribution in [3.05, 3.63) is 59.7 Å². The van der Waals surface area contributed by atoms with E-state index in [-0.39, 0.29) is 45.4 Å². The molecule has 218 valence electrons. The number of amidine groups is 1. The van der Waals surface area contributed by atoms with Gasteiger partial charge in [-0.2, -0.15) is 0 Å². The Kier molecular flexibility index (Phi) is 8.39. The second kappa shape index (κ2) is 11.9. The molecule has 0 fully saturated rings. The first-order valence-corrected chi connectivity index (χ1v) is 13.1. The number of aromatic hydroxyl groups is 2. The van der Waals surface area contributed by atoms with Crippen molar-refractivity contribution in [1.29, 1.82) is 5.41 Å². The molecule has 1 amide bonds. The summed E-state index contributed by atoms with van der Waals surface area (Å²) in [5, 5.41) is 50.0. The number of nitrogen functional groups attached to an aromatic ring is 1. The molecule has 15 nitrogen and oxygen atoms in total. The molecule has 0 aliphatic carbocycles. The maximum atomic E-state index is 12.8. The Balaban J connectivity index is 1.84. The van der Waals surface area contributed by atoms with Gasteiger partial charge >= 0.3 is 11.9 Å². The predicted octanol–water partition coefficient (Wildman–Crippen LogP) is 1.73. The third kappa shape index (κ3) is 6.62. The summed E-state index contributed by atoms with van der Waals surface area (Å²) in [7, 11) is 0. The quantitative estimate of drug-likeness (QED) is 0.0515. The maximum absolute atomic E-state index is 12.8. The van der Waals surface area contributed by atoms with E-state index < -0.39 is 53.7 Å². The lowest BCUT2D eigenvalue weighted by Gasteiger charge is -2.16. The fraction of sp³-hybridized carbons (Fsp3) is 0.115. The highest BCUT2D eigenvalue weighted by molar-refractivity contribution is 7.80. The van der Waals surface area contributed by atoms with Crippen molar-refractivity contribution >= 4 is 51.7 Å². The number of carbonyl (C=O) groups is 3. The van der Waals surface area contributed by atoms with Crippen LogP contribution in [0.4, 0.5) is 5.69 Å². The van der Waals surface area contributed by atoms with Gasteiger partial charge in [0, 0.05) is 22.4 Å². The number of carbonyl (C=O) groups excluding carboxylic acids is 1. The Morgan fingerprint density at radius 1 is 1.02 bits per heavy atom. The summed E-state index contributed by atoms with van der Waals surface area (Å²) in [6, 6.07) is 9.64. The third-order valence-electron chi connectivity index (χ3n) is 6.09. The van der Waals surface area contributed by atoms with E-state index in [1.165, 1.54) is 30.3 Å². The van der Waals surface area contributed by atoms with E-state index in [0.29, 0.717) is 16.6 Å². The number of H-pyrrole nitrogens is 1. The number of amides is 1. The minimum absolute atomic E-state index is 0.00891. The second-order valence-electron chi connectivity index (χ2n) is 9.09. The molecule has 2 atom stereocenters. The van der Waals surface area contributed by atoms with Crippen LogP contribution < -0.4 is 15.8 Å². The van der Waals surface area contributed by atoms with E-state index in [2.05, 4.69) is 20.0 Å². The Labute approximate surface area is 239 Å². The molecule has 4 aromatic rings. The molecular weight excluding hydrogens is 572 g/mol. The van der Waals surface area contributed by atoms with Crippen LogP contribution in [0.15, 0.2) is 48.5 Å². The van der Waals surface area contributed by atoms with Crippen LogP contribution in [0.25, 0.3) is 33.5 Å². The lowest BCUT2D eigenvalue weighted by Crippen LogP contribution is -2.42. The molecule has 0 bridgehead atoms. The van der Waals surface area contributed by atoms with Gasteiger partial charge in [0.05, 0.1) is 29.4 Å². The van der Waals surface area contributed by atoms with Crippen LogP contribution in [0.3, 0.4) is 0 Å². The molecule has 1 unspecified atom stereocenters. The van der Waals surface area contributed by atoms with Crippen molar-refractivity contribution in [2.24, 2.45) is 5.73 Å². The van der Waals surface area contributed by atoms with E-state index in [0.717, 1.165) is 0 Å². The number of phenolic OH excluding ortho intramolecular Hbond substituents is 2. The van der Waals surface area contributed by atoms with E-state index >= 15 is 0 Å². The zero-order valence-electron chi connectivity index (χ0n) is 21.4. The first-order chi connectivity index (χ1) is 19.8. The molecule has 3 aromatic carbocycles. The van der Waals surface area contributed by atoms with E-state index in [1.807, 2.05) is 0 Å². The molecule has 0 aliphatic heterocycles. The molecule has 0 spiro atoms. The van der Waals surface area contributed by atoms with Gasteiger partial charge in [-0.1, -0.05) is 0 Å². The number of nitrogens with two attached hydrogens (primary N) is 1. The van der Waals surface area contributed by atoms with Gasteiger partial charge in [-0.05, 0) is 54.1 Å². The lowest BCUT2D eigenvalue weighted by molar-refractivity contribution is -0.147. The zero-order chi connectivity index (χ0) is 30.7.